The third-order valence-corrected chi connectivity index (χ3v) is 8.50. The maximum absolute atomic E-state index is 2.49. The highest BCUT2D eigenvalue weighted by atomic mass is 14.3. The van der Waals surface area contributed by atoms with Crippen LogP contribution in [0.2, 0.25) is 0 Å². The molecule has 1 fully saturated rings. The minimum Gasteiger partial charge on any atom is -0.0616 e. The van der Waals surface area contributed by atoms with E-state index in [-0.39, 0.29) is 0 Å². The van der Waals surface area contributed by atoms with Crippen LogP contribution in [0, 0.1) is 0 Å². The van der Waals surface area contributed by atoms with Gasteiger partial charge < -0.3 is 0 Å². The molecule has 34 heavy (non-hydrogen) atoms. The Morgan fingerprint density at radius 1 is 0.471 bits per heavy atom. The van der Waals surface area contributed by atoms with Crippen LogP contribution in [0.1, 0.15) is 43.6 Å². The Hall–Kier alpha value is -3.64. The zero-order valence-electron chi connectivity index (χ0n) is 19.3. The average Bonchev–Trinajstić information content (AvgIpc) is 3.21. The third kappa shape index (κ3) is 2.49. The lowest BCUT2D eigenvalue weighted by molar-refractivity contribution is 0.446. The van der Waals surface area contributed by atoms with Gasteiger partial charge in [-0.25, -0.2) is 0 Å². The molecule has 0 heterocycles. The Kier molecular flexibility index (Phi) is 3.82. The molecule has 0 aliphatic heterocycles. The second-order valence-corrected chi connectivity index (χ2v) is 10.3. The molecule has 6 aromatic carbocycles. The maximum Gasteiger partial charge on any atom is -0.00198 e. The summed E-state index contributed by atoms with van der Waals surface area (Å²) in [5, 5.41) is 11.1. The molecule has 0 unspecified atom stereocenters. The lowest BCUT2D eigenvalue weighted by atomic mass is 9.77. The van der Waals surface area contributed by atoms with Crippen molar-refractivity contribution in [3.05, 3.63) is 96.6 Å². The van der Waals surface area contributed by atoms with Gasteiger partial charge in [0.15, 0.2) is 0 Å². The van der Waals surface area contributed by atoms with Crippen LogP contribution < -0.4 is 0 Å². The van der Waals surface area contributed by atoms with Gasteiger partial charge in [0.2, 0.25) is 0 Å². The second-order valence-electron chi connectivity index (χ2n) is 10.3. The molecule has 0 bridgehead atoms. The van der Waals surface area contributed by atoms with Gasteiger partial charge in [-0.05, 0) is 114 Å². The van der Waals surface area contributed by atoms with Crippen molar-refractivity contribution in [3.8, 4) is 22.3 Å². The van der Waals surface area contributed by atoms with E-state index in [1.807, 2.05) is 0 Å². The van der Waals surface area contributed by atoms with Gasteiger partial charge in [-0.1, -0.05) is 86.0 Å². The first kappa shape index (κ1) is 18.7. The summed E-state index contributed by atoms with van der Waals surface area (Å²) in [7, 11) is 0. The zero-order valence-corrected chi connectivity index (χ0v) is 19.3. The predicted molar refractivity (Wildman–Crippen MR) is 147 cm³/mol. The van der Waals surface area contributed by atoms with Crippen LogP contribution >= 0.6 is 0 Å². The highest BCUT2D eigenvalue weighted by molar-refractivity contribution is 6.25. The molecule has 1 saturated carbocycles. The summed E-state index contributed by atoms with van der Waals surface area (Å²) in [6.45, 7) is 0. The van der Waals surface area contributed by atoms with Crippen molar-refractivity contribution in [3.63, 3.8) is 0 Å². The normalized spacial score (nSPS) is 15.5. The van der Waals surface area contributed by atoms with Gasteiger partial charge in [0, 0.05) is 0 Å². The van der Waals surface area contributed by atoms with Crippen molar-refractivity contribution in [2.45, 2.75) is 38.0 Å². The molecule has 0 heteroatoms. The molecule has 0 radical (unpaired) electrons. The van der Waals surface area contributed by atoms with Crippen LogP contribution in [-0.2, 0) is 0 Å². The molecule has 0 N–H and O–H groups in total. The predicted octanol–water partition coefficient (Wildman–Crippen LogP) is 9.99. The van der Waals surface area contributed by atoms with Crippen molar-refractivity contribution in [1.29, 1.82) is 0 Å². The molecular formula is C34H26. The molecule has 0 saturated heterocycles. The standard InChI is InChI=1S/C34H26/c1-2-9-21(10-3-1)32-29-18-23-12-5-4-11-22(23)17-25(29)20-31-30-19-24-13-6-7-14-26(24)27-15-8-16-28(33(27)30)34(31)32/h4-8,11-21H,1-3,9-10H2. The van der Waals surface area contributed by atoms with E-state index in [4.69, 9.17) is 0 Å². The second kappa shape index (κ2) is 6.93. The number of hydrogen-bond donors (Lipinski definition) is 0. The van der Waals surface area contributed by atoms with E-state index in [1.165, 1.54) is 97.4 Å². The van der Waals surface area contributed by atoms with Crippen molar-refractivity contribution in [1.82, 2.24) is 0 Å². The van der Waals surface area contributed by atoms with Gasteiger partial charge in [-0.3, -0.25) is 0 Å². The van der Waals surface area contributed by atoms with E-state index in [9.17, 15) is 0 Å². The van der Waals surface area contributed by atoms with Gasteiger partial charge in [-0.2, -0.15) is 0 Å². The Morgan fingerprint density at radius 2 is 1.18 bits per heavy atom. The van der Waals surface area contributed by atoms with Crippen molar-refractivity contribution in [2.75, 3.05) is 0 Å². The first-order chi connectivity index (χ1) is 16.9. The lowest BCUT2D eigenvalue weighted by Gasteiger charge is -2.27. The van der Waals surface area contributed by atoms with Crippen LogP contribution in [0.15, 0.2) is 91.0 Å². The Labute approximate surface area is 199 Å². The molecule has 0 amide bonds. The minimum atomic E-state index is 0.645. The number of hydrogen-bond acceptors (Lipinski definition) is 0. The summed E-state index contributed by atoms with van der Waals surface area (Å²) in [6, 6.07) is 34.6. The number of fused-ring (bicyclic) bond motifs is 7. The highest BCUT2D eigenvalue weighted by Crippen LogP contribution is 2.55. The summed E-state index contributed by atoms with van der Waals surface area (Å²) < 4.78 is 0. The van der Waals surface area contributed by atoms with Crippen molar-refractivity contribution >= 4 is 43.1 Å². The van der Waals surface area contributed by atoms with E-state index >= 15 is 0 Å². The molecule has 0 nitrogen and oxygen atoms in total. The van der Waals surface area contributed by atoms with Crippen LogP contribution in [-0.4, -0.2) is 0 Å². The monoisotopic (exact) mass is 434 g/mol. The van der Waals surface area contributed by atoms with Crippen LogP contribution in [0.5, 0.6) is 0 Å². The van der Waals surface area contributed by atoms with Gasteiger partial charge in [0.1, 0.15) is 0 Å². The van der Waals surface area contributed by atoms with Gasteiger partial charge in [0.25, 0.3) is 0 Å². The first-order valence-corrected chi connectivity index (χ1v) is 12.8. The molecule has 6 aromatic rings. The van der Waals surface area contributed by atoms with Crippen LogP contribution in [0.25, 0.3) is 65.3 Å². The molecule has 0 spiro atoms. The Balaban J connectivity index is 1.56. The topological polar surface area (TPSA) is 0 Å². The van der Waals surface area contributed by atoms with Gasteiger partial charge in [-0.15, -0.1) is 0 Å². The lowest BCUT2D eigenvalue weighted by Crippen LogP contribution is -2.07. The summed E-state index contributed by atoms with van der Waals surface area (Å²) in [5.74, 6) is 0.645. The average molecular weight is 435 g/mol. The van der Waals surface area contributed by atoms with Crippen molar-refractivity contribution in [2.24, 2.45) is 0 Å². The Morgan fingerprint density at radius 3 is 2.03 bits per heavy atom. The first-order valence-electron chi connectivity index (χ1n) is 12.8. The number of rotatable bonds is 1. The highest BCUT2D eigenvalue weighted by Gasteiger charge is 2.30. The summed E-state index contributed by atoms with van der Waals surface area (Å²) >= 11 is 0. The fourth-order valence-electron chi connectivity index (χ4n) is 7.02. The summed E-state index contributed by atoms with van der Waals surface area (Å²) in [5.41, 5.74) is 7.45. The Bertz CT molecular complexity index is 1780. The quantitative estimate of drug-likeness (QED) is 0.178. The van der Waals surface area contributed by atoms with Crippen LogP contribution in [0.4, 0.5) is 0 Å². The number of benzene rings is 6. The summed E-state index contributed by atoms with van der Waals surface area (Å²) in [6.07, 6.45) is 6.71. The molecule has 0 aromatic heterocycles. The zero-order chi connectivity index (χ0) is 22.2. The largest absolute Gasteiger partial charge is 0.0616 e. The van der Waals surface area contributed by atoms with Gasteiger partial charge >= 0.3 is 0 Å². The van der Waals surface area contributed by atoms with E-state index in [0.717, 1.165) is 0 Å². The van der Waals surface area contributed by atoms with E-state index in [1.54, 1.807) is 5.56 Å². The molecule has 162 valence electrons. The smallest absolute Gasteiger partial charge is 0.00198 e. The SMILES string of the molecule is c1ccc2cc3c(C4CCCCC4)c4c(cc3cc2c1)-c1cc2ccccc2c2cccc-4c12. The van der Waals surface area contributed by atoms with Crippen LogP contribution in [0.3, 0.4) is 0 Å². The fraction of sp³-hybridized carbons (Fsp3) is 0.176. The summed E-state index contributed by atoms with van der Waals surface area (Å²) in [4.78, 5) is 0. The van der Waals surface area contributed by atoms with Crippen molar-refractivity contribution < 1.29 is 0 Å². The molecule has 2 aliphatic carbocycles. The molecule has 2 aliphatic rings. The minimum absolute atomic E-state index is 0.645. The fourth-order valence-corrected chi connectivity index (χ4v) is 7.02. The molecule has 0 atom stereocenters. The maximum atomic E-state index is 2.49. The third-order valence-electron chi connectivity index (χ3n) is 8.50. The molecule has 8 rings (SSSR count). The van der Waals surface area contributed by atoms with E-state index in [0.29, 0.717) is 5.92 Å². The van der Waals surface area contributed by atoms with E-state index in [2.05, 4.69) is 91.0 Å². The van der Waals surface area contributed by atoms with Gasteiger partial charge in [0.05, 0.1) is 0 Å². The van der Waals surface area contributed by atoms with E-state index < -0.39 is 0 Å². The molecular weight excluding hydrogens is 408 g/mol.